The van der Waals surface area contributed by atoms with Gasteiger partial charge in [-0.05, 0) is 56.1 Å². The molecule has 0 fully saturated rings. The first-order valence-corrected chi connectivity index (χ1v) is 11.0. The van der Waals surface area contributed by atoms with E-state index in [1.165, 1.54) is 11.1 Å². The van der Waals surface area contributed by atoms with Crippen LogP contribution in [0.15, 0.2) is 36.8 Å². The molecule has 4 rings (SSSR count). The van der Waals surface area contributed by atoms with Gasteiger partial charge in [-0.2, -0.15) is 5.10 Å². The molecule has 1 amide bonds. The summed E-state index contributed by atoms with van der Waals surface area (Å²) in [7, 11) is 0. The Kier molecular flexibility index (Phi) is 6.32. The zero-order valence-corrected chi connectivity index (χ0v) is 19.0. The van der Waals surface area contributed by atoms with Crippen molar-refractivity contribution in [2.75, 3.05) is 19.6 Å². The van der Waals surface area contributed by atoms with E-state index in [1.807, 2.05) is 32.3 Å². The highest BCUT2D eigenvalue weighted by atomic mass is 16.2. The number of fused-ring (bicyclic) bond motifs is 1. The summed E-state index contributed by atoms with van der Waals surface area (Å²) in [6, 6.07) is 6.19. The lowest BCUT2D eigenvalue weighted by Gasteiger charge is -2.16. The number of hydrogen-bond acceptors (Lipinski definition) is 5. The van der Waals surface area contributed by atoms with Crippen molar-refractivity contribution in [1.82, 2.24) is 35.4 Å². The Morgan fingerprint density at radius 2 is 1.94 bits per heavy atom. The van der Waals surface area contributed by atoms with E-state index in [-0.39, 0.29) is 5.91 Å². The minimum atomic E-state index is -0.0616. The number of benzene rings is 1. The molecule has 0 bridgehead atoms. The molecule has 32 heavy (non-hydrogen) atoms. The lowest BCUT2D eigenvalue weighted by molar-refractivity contribution is 0.0768. The van der Waals surface area contributed by atoms with E-state index in [0.717, 1.165) is 35.1 Å². The standard InChI is InChI=1S/C24H29N7O/c1-5-25-11-17-12-26-13-19(15(17)4)16-8-9-20-18(10-16)22(30-29-20)23-27-14-21(28-23)24(32)31(6-2)7-3/h8-10,12-14,25H,5-7,11H2,1-4H3,(H,27,28)(H,29,30). The maximum absolute atomic E-state index is 12.7. The molecule has 0 aliphatic rings. The second kappa shape index (κ2) is 9.32. The van der Waals surface area contributed by atoms with Crippen LogP contribution in [-0.2, 0) is 6.54 Å². The summed E-state index contributed by atoms with van der Waals surface area (Å²) in [6.45, 7) is 11.2. The Morgan fingerprint density at radius 1 is 1.12 bits per heavy atom. The van der Waals surface area contributed by atoms with Crippen molar-refractivity contribution in [3.8, 4) is 22.6 Å². The highest BCUT2D eigenvalue weighted by Gasteiger charge is 2.18. The number of aromatic amines is 2. The van der Waals surface area contributed by atoms with Crippen molar-refractivity contribution >= 4 is 16.8 Å². The fraction of sp³-hybridized carbons (Fsp3) is 0.333. The number of carbonyl (C=O) groups excluding carboxylic acids is 1. The Bertz CT molecular complexity index is 1240. The van der Waals surface area contributed by atoms with Crippen molar-refractivity contribution in [2.24, 2.45) is 0 Å². The molecule has 0 saturated heterocycles. The average molecular weight is 432 g/mol. The summed E-state index contributed by atoms with van der Waals surface area (Å²) in [5.74, 6) is 0.508. The predicted octanol–water partition coefficient (Wildman–Crippen LogP) is 3.91. The molecule has 3 aromatic heterocycles. The highest BCUT2D eigenvalue weighted by Crippen LogP contribution is 2.31. The van der Waals surface area contributed by atoms with Crippen LogP contribution in [0.5, 0.6) is 0 Å². The van der Waals surface area contributed by atoms with Crippen LogP contribution in [0.4, 0.5) is 0 Å². The van der Waals surface area contributed by atoms with Crippen molar-refractivity contribution in [1.29, 1.82) is 0 Å². The molecule has 0 radical (unpaired) electrons. The molecule has 166 valence electrons. The normalized spacial score (nSPS) is 11.2. The first kappa shape index (κ1) is 21.7. The molecule has 4 aromatic rings. The summed E-state index contributed by atoms with van der Waals surface area (Å²) in [5.41, 5.74) is 6.60. The molecule has 3 heterocycles. The lowest BCUT2D eigenvalue weighted by Crippen LogP contribution is -2.30. The fourth-order valence-corrected chi connectivity index (χ4v) is 3.89. The van der Waals surface area contributed by atoms with Crippen LogP contribution < -0.4 is 5.32 Å². The van der Waals surface area contributed by atoms with E-state index in [1.54, 1.807) is 11.1 Å². The summed E-state index contributed by atoms with van der Waals surface area (Å²) in [4.78, 5) is 26.5. The Hall–Kier alpha value is -3.52. The van der Waals surface area contributed by atoms with Crippen molar-refractivity contribution in [3.05, 3.63) is 53.6 Å². The van der Waals surface area contributed by atoms with Crippen LogP contribution in [0.3, 0.4) is 0 Å². The highest BCUT2D eigenvalue weighted by molar-refractivity contribution is 5.96. The number of rotatable bonds is 8. The molecular weight excluding hydrogens is 402 g/mol. The second-order valence-electron chi connectivity index (χ2n) is 7.71. The molecule has 1 aromatic carbocycles. The summed E-state index contributed by atoms with van der Waals surface area (Å²) < 4.78 is 0. The number of nitrogens with one attached hydrogen (secondary N) is 3. The molecule has 0 atom stereocenters. The van der Waals surface area contributed by atoms with E-state index in [9.17, 15) is 4.79 Å². The molecule has 0 unspecified atom stereocenters. The van der Waals surface area contributed by atoms with Gasteiger partial charge < -0.3 is 15.2 Å². The minimum absolute atomic E-state index is 0.0616. The van der Waals surface area contributed by atoms with Gasteiger partial charge in [0.15, 0.2) is 5.82 Å². The van der Waals surface area contributed by atoms with Crippen LogP contribution >= 0.6 is 0 Å². The molecule has 0 aliphatic carbocycles. The summed E-state index contributed by atoms with van der Waals surface area (Å²) in [5, 5.41) is 11.9. The van der Waals surface area contributed by atoms with Crippen LogP contribution in [0.25, 0.3) is 33.5 Å². The Labute approximate surface area is 187 Å². The van der Waals surface area contributed by atoms with Crippen LogP contribution in [-0.4, -0.2) is 55.6 Å². The first-order chi connectivity index (χ1) is 15.6. The number of carbonyl (C=O) groups is 1. The Balaban J connectivity index is 1.72. The Morgan fingerprint density at radius 3 is 2.69 bits per heavy atom. The van der Waals surface area contributed by atoms with Gasteiger partial charge in [0.2, 0.25) is 0 Å². The van der Waals surface area contributed by atoms with Gasteiger partial charge in [-0.1, -0.05) is 13.0 Å². The van der Waals surface area contributed by atoms with Crippen molar-refractivity contribution in [2.45, 2.75) is 34.2 Å². The third-order valence-corrected chi connectivity index (χ3v) is 5.84. The topological polar surface area (TPSA) is 103 Å². The number of hydrogen-bond donors (Lipinski definition) is 3. The second-order valence-corrected chi connectivity index (χ2v) is 7.71. The molecular formula is C24H29N7O. The van der Waals surface area contributed by atoms with Gasteiger partial charge in [0.1, 0.15) is 11.4 Å². The number of H-pyrrole nitrogens is 2. The quantitative estimate of drug-likeness (QED) is 0.392. The minimum Gasteiger partial charge on any atom is -0.338 e. The van der Waals surface area contributed by atoms with Gasteiger partial charge >= 0.3 is 0 Å². The first-order valence-electron chi connectivity index (χ1n) is 11.0. The monoisotopic (exact) mass is 431 g/mol. The summed E-state index contributed by atoms with van der Waals surface area (Å²) >= 11 is 0. The van der Waals surface area contributed by atoms with Gasteiger partial charge in [0.05, 0.1) is 11.7 Å². The smallest absolute Gasteiger partial charge is 0.271 e. The maximum Gasteiger partial charge on any atom is 0.271 e. The van der Waals surface area contributed by atoms with Crippen molar-refractivity contribution < 1.29 is 4.79 Å². The zero-order valence-electron chi connectivity index (χ0n) is 19.0. The van der Waals surface area contributed by atoms with E-state index in [4.69, 9.17) is 0 Å². The molecule has 0 aliphatic heterocycles. The third kappa shape index (κ3) is 4.01. The molecule has 0 saturated carbocycles. The van der Waals surface area contributed by atoms with Gasteiger partial charge in [-0.3, -0.25) is 14.9 Å². The number of pyridine rings is 1. The molecule has 0 spiro atoms. The van der Waals surface area contributed by atoms with Gasteiger partial charge in [0.25, 0.3) is 5.91 Å². The number of nitrogens with zero attached hydrogens (tertiary/aromatic N) is 4. The fourth-order valence-electron chi connectivity index (χ4n) is 3.89. The van der Waals surface area contributed by atoms with Crippen LogP contribution in [0, 0.1) is 6.92 Å². The zero-order chi connectivity index (χ0) is 22.7. The molecule has 8 nitrogen and oxygen atoms in total. The van der Waals surface area contributed by atoms with Crippen molar-refractivity contribution in [3.63, 3.8) is 0 Å². The summed E-state index contributed by atoms with van der Waals surface area (Å²) in [6.07, 6.45) is 5.40. The van der Waals surface area contributed by atoms with Crippen LogP contribution in [0.2, 0.25) is 0 Å². The predicted molar refractivity (Wildman–Crippen MR) is 126 cm³/mol. The maximum atomic E-state index is 12.7. The average Bonchev–Trinajstić information content (AvgIpc) is 3.46. The molecule has 3 N–H and O–H groups in total. The SMILES string of the molecule is CCNCc1cncc(-c2ccc3[nH]nc(-c4ncc(C(=O)N(CC)CC)[nH]4)c3c2)c1C. The largest absolute Gasteiger partial charge is 0.338 e. The van der Waals surface area contributed by atoms with Gasteiger partial charge in [0, 0.05) is 43.0 Å². The van der Waals surface area contributed by atoms with E-state index < -0.39 is 0 Å². The lowest BCUT2D eigenvalue weighted by atomic mass is 9.98. The van der Waals surface area contributed by atoms with Crippen LogP contribution in [0.1, 0.15) is 42.4 Å². The number of amides is 1. The number of imidazole rings is 1. The van der Waals surface area contributed by atoms with E-state index in [2.05, 4.69) is 56.4 Å². The number of aromatic nitrogens is 5. The molecule has 8 heteroatoms. The van der Waals surface area contributed by atoms with E-state index >= 15 is 0 Å². The third-order valence-electron chi connectivity index (χ3n) is 5.84. The van der Waals surface area contributed by atoms with E-state index in [0.29, 0.717) is 30.3 Å². The van der Waals surface area contributed by atoms with Gasteiger partial charge in [-0.15, -0.1) is 0 Å². The van der Waals surface area contributed by atoms with Gasteiger partial charge in [-0.25, -0.2) is 4.98 Å².